The van der Waals surface area contributed by atoms with Crippen molar-refractivity contribution >= 4 is 17.8 Å². The number of esters is 1. The molecule has 2 aliphatic heterocycles. The summed E-state index contributed by atoms with van der Waals surface area (Å²) in [4.78, 5) is 42.1. The monoisotopic (exact) mass is 428 g/mol. The van der Waals surface area contributed by atoms with Crippen LogP contribution in [-0.2, 0) is 23.9 Å². The molecular weight excluding hydrogens is 396 g/mol. The largest absolute Gasteiger partial charge is 0.463 e. The third kappa shape index (κ3) is 5.15. The molecule has 2 heterocycles. The highest BCUT2D eigenvalue weighted by atomic mass is 16.5. The lowest BCUT2D eigenvalue weighted by molar-refractivity contribution is -0.148. The number of hydrogen-bond acceptors (Lipinski definition) is 5. The highest BCUT2D eigenvalue weighted by Crippen LogP contribution is 2.37. The van der Waals surface area contributed by atoms with Gasteiger partial charge in [0.1, 0.15) is 6.54 Å². The molecule has 1 aromatic rings. The number of amides is 2. The van der Waals surface area contributed by atoms with Crippen molar-refractivity contribution in [2.75, 3.05) is 26.2 Å². The van der Waals surface area contributed by atoms with Crippen LogP contribution in [0.1, 0.15) is 51.2 Å². The molecule has 2 aliphatic rings. The highest BCUT2D eigenvalue weighted by Gasteiger charge is 2.38. The number of aryl methyl sites for hydroxylation is 1. The minimum Gasteiger partial charge on any atom is -0.463 e. The van der Waals surface area contributed by atoms with E-state index in [0.29, 0.717) is 24.4 Å². The molecule has 0 aromatic heterocycles. The normalized spacial score (nSPS) is 24.4. The predicted molar refractivity (Wildman–Crippen MR) is 116 cm³/mol. The summed E-state index contributed by atoms with van der Waals surface area (Å²) in [5, 5.41) is 0. The lowest BCUT2D eigenvalue weighted by Crippen LogP contribution is -2.52. The molecule has 3 unspecified atom stereocenters. The molecule has 0 radical (unpaired) electrons. The van der Waals surface area contributed by atoms with Gasteiger partial charge in [0.15, 0.2) is 0 Å². The Labute approximate surface area is 184 Å². The lowest BCUT2D eigenvalue weighted by Gasteiger charge is -2.38. The van der Waals surface area contributed by atoms with Crippen molar-refractivity contribution in [2.45, 2.75) is 59.2 Å². The van der Waals surface area contributed by atoms with E-state index >= 15 is 0 Å². The first-order valence-corrected chi connectivity index (χ1v) is 10.9. The zero-order chi connectivity index (χ0) is 22.7. The summed E-state index contributed by atoms with van der Waals surface area (Å²) in [6.07, 6.45) is 0.0161. The van der Waals surface area contributed by atoms with Crippen molar-refractivity contribution in [3.63, 3.8) is 0 Å². The van der Waals surface area contributed by atoms with E-state index in [0.717, 1.165) is 11.1 Å². The third-order valence-electron chi connectivity index (χ3n) is 5.86. The van der Waals surface area contributed by atoms with Gasteiger partial charge in [0.2, 0.25) is 11.8 Å². The van der Waals surface area contributed by atoms with Crippen molar-refractivity contribution in [1.29, 1.82) is 0 Å². The molecule has 31 heavy (non-hydrogen) atoms. The summed E-state index contributed by atoms with van der Waals surface area (Å²) in [5.41, 5.74) is 2.93. The second-order valence-corrected chi connectivity index (χ2v) is 8.42. The molecule has 0 saturated carbocycles. The molecule has 0 N–H and O–H groups in total. The fourth-order valence-electron chi connectivity index (χ4n) is 4.38. The zero-order valence-corrected chi connectivity index (χ0v) is 19.0. The number of rotatable bonds is 5. The minimum absolute atomic E-state index is 0.0533. The van der Waals surface area contributed by atoms with E-state index in [1.54, 1.807) is 18.7 Å². The van der Waals surface area contributed by atoms with Crippen molar-refractivity contribution in [3.8, 4) is 0 Å². The number of carbonyl (C=O) groups excluding carboxylic acids is 3. The van der Waals surface area contributed by atoms with Crippen molar-refractivity contribution < 1.29 is 23.9 Å². The molecule has 1 saturated heterocycles. The number of allylic oxidation sites excluding steroid dienone is 1. The van der Waals surface area contributed by atoms with Gasteiger partial charge in [-0.05, 0) is 40.2 Å². The van der Waals surface area contributed by atoms with Crippen molar-refractivity contribution in [1.82, 2.24) is 9.80 Å². The third-order valence-corrected chi connectivity index (χ3v) is 5.86. The number of hydrogen-bond donors (Lipinski definition) is 0. The summed E-state index contributed by atoms with van der Waals surface area (Å²) in [6.45, 7) is 10.5. The van der Waals surface area contributed by atoms with Crippen molar-refractivity contribution in [2.24, 2.45) is 0 Å². The van der Waals surface area contributed by atoms with Gasteiger partial charge in [-0.15, -0.1) is 0 Å². The second-order valence-electron chi connectivity index (χ2n) is 8.42. The van der Waals surface area contributed by atoms with Crippen LogP contribution in [-0.4, -0.2) is 66.0 Å². The molecule has 7 heteroatoms. The van der Waals surface area contributed by atoms with Crippen LogP contribution in [0.3, 0.4) is 0 Å². The topological polar surface area (TPSA) is 76.2 Å². The Bertz CT molecular complexity index is 866. The molecule has 1 aromatic carbocycles. The van der Waals surface area contributed by atoms with Gasteiger partial charge in [-0.1, -0.05) is 29.8 Å². The van der Waals surface area contributed by atoms with E-state index in [2.05, 4.69) is 0 Å². The van der Waals surface area contributed by atoms with E-state index in [4.69, 9.17) is 9.47 Å². The minimum atomic E-state index is -0.441. The maximum Gasteiger partial charge on any atom is 0.336 e. The molecule has 1 fully saturated rings. The van der Waals surface area contributed by atoms with Crippen LogP contribution in [0.5, 0.6) is 0 Å². The number of ether oxygens (including phenoxy) is 2. The fraction of sp³-hybridized carbons (Fsp3) is 0.542. The Morgan fingerprint density at radius 1 is 1.10 bits per heavy atom. The lowest BCUT2D eigenvalue weighted by atomic mass is 9.83. The molecule has 2 amide bonds. The van der Waals surface area contributed by atoms with Crippen LogP contribution in [0.4, 0.5) is 0 Å². The number of benzene rings is 1. The van der Waals surface area contributed by atoms with Gasteiger partial charge >= 0.3 is 5.97 Å². The summed E-state index contributed by atoms with van der Waals surface area (Å²) >= 11 is 0. The maximum atomic E-state index is 13.1. The maximum absolute atomic E-state index is 13.1. The summed E-state index contributed by atoms with van der Waals surface area (Å²) in [5.74, 6) is -1.14. The molecule has 0 spiro atoms. The summed E-state index contributed by atoms with van der Waals surface area (Å²) in [6, 6.07) is 7.82. The first-order valence-electron chi connectivity index (χ1n) is 10.9. The number of carbonyl (C=O) groups is 3. The van der Waals surface area contributed by atoms with Crippen molar-refractivity contribution in [3.05, 3.63) is 46.7 Å². The Balaban J connectivity index is 1.90. The van der Waals surface area contributed by atoms with Crippen LogP contribution >= 0.6 is 0 Å². The second kappa shape index (κ2) is 9.64. The van der Waals surface area contributed by atoms with E-state index < -0.39 is 5.97 Å². The Kier molecular flexibility index (Phi) is 7.15. The number of morpholine rings is 1. The van der Waals surface area contributed by atoms with Gasteiger partial charge in [-0.2, -0.15) is 0 Å². The van der Waals surface area contributed by atoms with Crippen LogP contribution in [0.25, 0.3) is 0 Å². The van der Waals surface area contributed by atoms with Crippen LogP contribution in [0.15, 0.2) is 35.5 Å². The molecule has 0 bridgehead atoms. The molecule has 0 aliphatic carbocycles. The molecular formula is C24H32N2O5. The van der Waals surface area contributed by atoms with E-state index in [9.17, 15) is 14.4 Å². The smallest absolute Gasteiger partial charge is 0.336 e. The van der Waals surface area contributed by atoms with Crippen LogP contribution in [0.2, 0.25) is 0 Å². The van der Waals surface area contributed by atoms with E-state index in [1.807, 2.05) is 45.0 Å². The van der Waals surface area contributed by atoms with Gasteiger partial charge in [-0.25, -0.2) is 4.79 Å². The summed E-state index contributed by atoms with van der Waals surface area (Å²) < 4.78 is 11.0. The van der Waals surface area contributed by atoms with E-state index in [1.165, 1.54) is 4.90 Å². The van der Waals surface area contributed by atoms with Gasteiger partial charge in [0, 0.05) is 31.1 Å². The molecule has 7 nitrogen and oxygen atoms in total. The Morgan fingerprint density at radius 2 is 1.71 bits per heavy atom. The van der Waals surface area contributed by atoms with Crippen LogP contribution in [0, 0.1) is 6.92 Å². The number of nitrogens with zero attached hydrogens (tertiary/aromatic N) is 2. The first-order chi connectivity index (χ1) is 14.7. The SMILES string of the molecule is CCOC(=O)C1=C(C)N(CC(=O)N2CC(C)OC(C)C2)C(=O)CC1c1ccc(C)cc1. The predicted octanol–water partition coefficient (Wildman–Crippen LogP) is 2.78. The molecule has 3 atom stereocenters. The van der Waals surface area contributed by atoms with Gasteiger partial charge in [0.05, 0.1) is 24.4 Å². The van der Waals surface area contributed by atoms with E-state index in [-0.39, 0.29) is 49.5 Å². The standard InChI is InChI=1S/C24H32N2O5/c1-6-30-24(29)23-18(5)26(14-22(28)25-12-16(3)31-17(4)13-25)21(27)11-20(23)19-9-7-15(2)8-10-19/h7-10,16-17,20H,6,11-14H2,1-5H3. The Morgan fingerprint density at radius 3 is 2.29 bits per heavy atom. The fourth-order valence-corrected chi connectivity index (χ4v) is 4.38. The highest BCUT2D eigenvalue weighted by molar-refractivity contribution is 5.97. The van der Waals surface area contributed by atoms with Crippen LogP contribution < -0.4 is 0 Å². The molecule has 168 valence electrons. The van der Waals surface area contributed by atoms with Gasteiger partial charge < -0.3 is 19.3 Å². The quantitative estimate of drug-likeness (QED) is 0.674. The first kappa shape index (κ1) is 23.0. The average molecular weight is 429 g/mol. The van der Waals surface area contributed by atoms with Gasteiger partial charge in [-0.3, -0.25) is 9.59 Å². The average Bonchev–Trinajstić information content (AvgIpc) is 2.70. The summed E-state index contributed by atoms with van der Waals surface area (Å²) in [7, 11) is 0. The Hall–Kier alpha value is -2.67. The van der Waals surface area contributed by atoms with Gasteiger partial charge in [0.25, 0.3) is 0 Å². The molecule has 3 rings (SSSR count). The zero-order valence-electron chi connectivity index (χ0n) is 19.0.